The van der Waals surface area contributed by atoms with E-state index in [2.05, 4.69) is 118 Å². The summed E-state index contributed by atoms with van der Waals surface area (Å²) in [6.45, 7) is 6.51. The maximum Gasteiger partial charge on any atom is 0.306 e. The van der Waals surface area contributed by atoms with Gasteiger partial charge in [-0.15, -0.1) is 0 Å². The van der Waals surface area contributed by atoms with E-state index < -0.39 is 6.10 Å². The highest BCUT2D eigenvalue weighted by molar-refractivity contribution is 5.71. The molecule has 0 aliphatic heterocycles. The van der Waals surface area contributed by atoms with E-state index in [0.29, 0.717) is 19.3 Å². The first-order valence-corrected chi connectivity index (χ1v) is 33.2. The van der Waals surface area contributed by atoms with Crippen molar-refractivity contribution in [3.63, 3.8) is 0 Å². The predicted octanol–water partition coefficient (Wildman–Crippen LogP) is 22.8. The first kappa shape index (κ1) is 74.3. The molecule has 0 radical (unpaired) electrons. The zero-order chi connectivity index (χ0) is 56.4. The molecule has 0 aromatic rings. The smallest absolute Gasteiger partial charge is 0.306 e. The number of ether oxygens (including phenoxy) is 3. The van der Waals surface area contributed by atoms with E-state index in [-0.39, 0.29) is 31.1 Å². The summed E-state index contributed by atoms with van der Waals surface area (Å²) >= 11 is 0. The summed E-state index contributed by atoms with van der Waals surface area (Å²) < 4.78 is 16.9. The van der Waals surface area contributed by atoms with Crippen molar-refractivity contribution >= 4 is 17.9 Å². The third kappa shape index (κ3) is 63.2. The molecule has 0 aliphatic rings. The third-order valence-corrected chi connectivity index (χ3v) is 14.3. The molecule has 0 amide bonds. The van der Waals surface area contributed by atoms with Crippen molar-refractivity contribution in [1.82, 2.24) is 0 Å². The van der Waals surface area contributed by atoms with Crippen LogP contribution in [0.4, 0.5) is 0 Å². The lowest BCUT2D eigenvalue weighted by molar-refractivity contribution is -0.167. The van der Waals surface area contributed by atoms with Crippen molar-refractivity contribution in [2.24, 2.45) is 0 Å². The summed E-state index contributed by atoms with van der Waals surface area (Å²) in [6, 6.07) is 0. The van der Waals surface area contributed by atoms with Crippen molar-refractivity contribution < 1.29 is 28.6 Å². The average molecular weight is 1090 g/mol. The second-order valence-electron chi connectivity index (χ2n) is 22.0. The van der Waals surface area contributed by atoms with Gasteiger partial charge in [-0.1, -0.05) is 279 Å². The Bertz CT molecular complexity index is 1530. The molecule has 0 saturated carbocycles. The monoisotopic (exact) mass is 1080 g/mol. The van der Waals surface area contributed by atoms with Crippen LogP contribution in [-0.2, 0) is 28.6 Å². The van der Waals surface area contributed by atoms with Gasteiger partial charge in [0.05, 0.1) is 0 Å². The van der Waals surface area contributed by atoms with E-state index in [0.717, 1.165) is 109 Å². The second-order valence-corrected chi connectivity index (χ2v) is 22.0. The fourth-order valence-corrected chi connectivity index (χ4v) is 9.32. The van der Waals surface area contributed by atoms with Crippen LogP contribution < -0.4 is 0 Å². The lowest BCUT2D eigenvalue weighted by Gasteiger charge is -2.18. The fourth-order valence-electron chi connectivity index (χ4n) is 9.32. The Labute approximate surface area is 483 Å². The number of esters is 3. The Balaban J connectivity index is 4.31. The number of unbranched alkanes of at least 4 members (excludes halogenated alkanes) is 33. The fraction of sp³-hybridized carbons (Fsp3) is 0.736. The molecular formula is C72H124O6. The Hall–Kier alpha value is -3.67. The highest BCUT2D eigenvalue weighted by atomic mass is 16.6. The average Bonchev–Trinajstić information content (AvgIpc) is 3.44. The first-order valence-electron chi connectivity index (χ1n) is 33.2. The highest BCUT2D eigenvalue weighted by Gasteiger charge is 2.19. The molecule has 0 bridgehead atoms. The van der Waals surface area contributed by atoms with Crippen LogP contribution in [0.15, 0.2) is 97.2 Å². The van der Waals surface area contributed by atoms with Gasteiger partial charge in [0.25, 0.3) is 0 Å². The molecule has 0 spiro atoms. The Morgan fingerprint density at radius 1 is 0.269 bits per heavy atom. The zero-order valence-corrected chi connectivity index (χ0v) is 51.4. The minimum atomic E-state index is -0.786. The zero-order valence-electron chi connectivity index (χ0n) is 51.4. The maximum absolute atomic E-state index is 12.9. The van der Waals surface area contributed by atoms with E-state index in [1.54, 1.807) is 0 Å². The van der Waals surface area contributed by atoms with Crippen molar-refractivity contribution in [1.29, 1.82) is 0 Å². The van der Waals surface area contributed by atoms with Crippen LogP contribution >= 0.6 is 0 Å². The number of rotatable bonds is 60. The summed E-state index contributed by atoms with van der Waals surface area (Å²) in [6.07, 6.45) is 88.4. The number of allylic oxidation sites excluding steroid dienone is 16. The molecule has 1 atom stereocenters. The van der Waals surface area contributed by atoms with E-state index in [4.69, 9.17) is 14.2 Å². The molecule has 0 aliphatic carbocycles. The lowest BCUT2D eigenvalue weighted by atomic mass is 10.0. The van der Waals surface area contributed by atoms with Gasteiger partial charge >= 0.3 is 17.9 Å². The third-order valence-electron chi connectivity index (χ3n) is 14.3. The number of carbonyl (C=O) groups is 3. The van der Waals surface area contributed by atoms with Crippen LogP contribution in [0.3, 0.4) is 0 Å². The molecule has 0 aromatic heterocycles. The van der Waals surface area contributed by atoms with Gasteiger partial charge < -0.3 is 14.2 Å². The van der Waals surface area contributed by atoms with E-state index in [1.807, 2.05) is 0 Å². The molecule has 78 heavy (non-hydrogen) atoms. The predicted molar refractivity (Wildman–Crippen MR) is 339 cm³/mol. The molecule has 6 heteroatoms. The SMILES string of the molecule is CC/C=C\C/C=C\C/C=C\C/C=C\C/C=C\CCCCCCCCCCCC(=O)OCC(COC(=O)CCCCCCC/C=C\CCCCC)OC(=O)CCCCCCCCCCCCC/C=C\C/C=C\CCCCCCC. The first-order chi connectivity index (χ1) is 38.5. The normalized spacial score (nSPS) is 12.7. The summed E-state index contributed by atoms with van der Waals surface area (Å²) in [5.74, 6) is -0.889. The van der Waals surface area contributed by atoms with Crippen LogP contribution in [-0.4, -0.2) is 37.2 Å². The van der Waals surface area contributed by atoms with Gasteiger partial charge in [0.15, 0.2) is 6.10 Å². The minimum Gasteiger partial charge on any atom is -0.462 e. The van der Waals surface area contributed by atoms with Gasteiger partial charge in [0, 0.05) is 19.3 Å². The van der Waals surface area contributed by atoms with Gasteiger partial charge in [-0.3, -0.25) is 14.4 Å². The molecule has 448 valence electrons. The molecule has 1 unspecified atom stereocenters. The van der Waals surface area contributed by atoms with Crippen molar-refractivity contribution in [2.75, 3.05) is 13.2 Å². The number of carbonyl (C=O) groups excluding carboxylic acids is 3. The number of hydrogen-bond donors (Lipinski definition) is 0. The van der Waals surface area contributed by atoms with E-state index in [1.165, 1.54) is 173 Å². The number of hydrogen-bond acceptors (Lipinski definition) is 6. The van der Waals surface area contributed by atoms with Gasteiger partial charge in [-0.2, -0.15) is 0 Å². The minimum absolute atomic E-state index is 0.0831. The molecule has 0 rings (SSSR count). The summed E-state index contributed by atoms with van der Waals surface area (Å²) in [5.41, 5.74) is 0. The largest absolute Gasteiger partial charge is 0.462 e. The van der Waals surface area contributed by atoms with Crippen molar-refractivity contribution in [2.45, 2.75) is 329 Å². The molecule has 0 aromatic carbocycles. The topological polar surface area (TPSA) is 78.9 Å². The quantitative estimate of drug-likeness (QED) is 0.0261. The summed E-state index contributed by atoms with van der Waals surface area (Å²) in [7, 11) is 0. The van der Waals surface area contributed by atoms with E-state index >= 15 is 0 Å². The lowest BCUT2D eigenvalue weighted by Crippen LogP contribution is -2.30. The van der Waals surface area contributed by atoms with Crippen LogP contribution in [0.25, 0.3) is 0 Å². The Morgan fingerprint density at radius 2 is 0.500 bits per heavy atom. The van der Waals surface area contributed by atoms with Gasteiger partial charge in [0.2, 0.25) is 0 Å². The van der Waals surface area contributed by atoms with Gasteiger partial charge in [-0.25, -0.2) is 0 Å². The van der Waals surface area contributed by atoms with Crippen molar-refractivity contribution in [3.05, 3.63) is 97.2 Å². The van der Waals surface area contributed by atoms with Crippen LogP contribution in [0.5, 0.6) is 0 Å². The van der Waals surface area contributed by atoms with Crippen LogP contribution in [0.1, 0.15) is 323 Å². The summed E-state index contributed by atoms with van der Waals surface area (Å²) in [4.78, 5) is 38.3. The summed E-state index contributed by atoms with van der Waals surface area (Å²) in [5, 5.41) is 0. The van der Waals surface area contributed by atoms with Crippen LogP contribution in [0, 0.1) is 0 Å². The molecular weight excluding hydrogens is 961 g/mol. The van der Waals surface area contributed by atoms with Gasteiger partial charge in [-0.05, 0) is 122 Å². The maximum atomic E-state index is 12.9. The highest BCUT2D eigenvalue weighted by Crippen LogP contribution is 2.16. The Kier molecular flexibility index (Phi) is 62.7. The Morgan fingerprint density at radius 3 is 0.821 bits per heavy atom. The van der Waals surface area contributed by atoms with Crippen molar-refractivity contribution in [3.8, 4) is 0 Å². The molecule has 0 fully saturated rings. The van der Waals surface area contributed by atoms with E-state index in [9.17, 15) is 14.4 Å². The molecule has 0 N–H and O–H groups in total. The van der Waals surface area contributed by atoms with Crippen LogP contribution in [0.2, 0.25) is 0 Å². The molecule has 6 nitrogen and oxygen atoms in total. The molecule has 0 saturated heterocycles. The molecule has 0 heterocycles. The van der Waals surface area contributed by atoms with Gasteiger partial charge in [0.1, 0.15) is 13.2 Å². The standard InChI is InChI=1S/C72H124O6/c1-4-7-10-13-16-19-22-25-27-29-31-33-35-36-38-39-41-43-45-47-50-53-56-59-62-65-71(74)77-68-69(67-76-70(73)64-61-58-55-52-49-24-21-18-15-12-9-6-3)78-72(75)66-63-60-57-54-51-48-46-44-42-40-37-34-32-30-28-26-23-20-17-14-11-8-5-2/h7,10,16,18-19,21,23,25-27,30-33,36,38,69H,4-6,8-9,11-15,17,20,22,24,28-29,34-35,37,39-68H2,1-3H3/b10-7-,19-16-,21-18-,26-23-,27-25-,32-30-,33-31-,38-36-. The second kappa shape index (κ2) is 65.8.